The van der Waals surface area contributed by atoms with E-state index in [4.69, 9.17) is 4.74 Å². The monoisotopic (exact) mass is 226 g/mol. The van der Waals surface area contributed by atoms with Crippen LogP contribution in [0.3, 0.4) is 0 Å². The normalized spacial score (nSPS) is 11.7. The van der Waals surface area contributed by atoms with Crippen LogP contribution >= 0.6 is 0 Å². The van der Waals surface area contributed by atoms with E-state index in [0.29, 0.717) is 12.2 Å². The Balaban J connectivity index is 3.53. The average molecular weight is 226 g/mol. The van der Waals surface area contributed by atoms with Crippen LogP contribution in [0.1, 0.15) is 19.8 Å². The molecule has 0 heterocycles. The summed E-state index contributed by atoms with van der Waals surface area (Å²) in [7, 11) is -1.06. The van der Waals surface area contributed by atoms with Crippen LogP contribution in [-0.4, -0.2) is 20.7 Å². The highest BCUT2D eigenvalue weighted by molar-refractivity contribution is 6.80. The highest BCUT2D eigenvalue weighted by Crippen LogP contribution is 2.04. The van der Waals surface area contributed by atoms with Gasteiger partial charge in [0.05, 0.1) is 14.7 Å². The molecule has 86 valence electrons. The average Bonchev–Trinajstić information content (AvgIpc) is 2.08. The van der Waals surface area contributed by atoms with Crippen LogP contribution in [0.2, 0.25) is 19.6 Å². The Bertz CT molecular complexity index is 249. The van der Waals surface area contributed by atoms with Crippen molar-refractivity contribution in [3.05, 3.63) is 23.9 Å². The van der Waals surface area contributed by atoms with Crippen molar-refractivity contribution in [3.63, 3.8) is 0 Å². The highest BCUT2D eigenvalue weighted by atomic mass is 28.3. The number of hydrogen-bond donors (Lipinski definition) is 0. The molecule has 0 bridgehead atoms. The molecule has 0 atom stereocenters. The summed E-state index contributed by atoms with van der Waals surface area (Å²) in [5.74, 6) is -0.288. The first-order valence-corrected chi connectivity index (χ1v) is 8.91. The fourth-order valence-electron chi connectivity index (χ4n) is 0.926. The van der Waals surface area contributed by atoms with Gasteiger partial charge in [0.2, 0.25) is 0 Å². The predicted molar refractivity (Wildman–Crippen MR) is 67.5 cm³/mol. The van der Waals surface area contributed by atoms with E-state index in [2.05, 4.69) is 38.0 Å². The zero-order valence-electron chi connectivity index (χ0n) is 10.3. The van der Waals surface area contributed by atoms with E-state index in [1.807, 2.05) is 0 Å². The minimum absolute atomic E-state index is 0.288. The summed E-state index contributed by atoms with van der Waals surface area (Å²) in [5, 5.41) is 0. The van der Waals surface area contributed by atoms with E-state index in [9.17, 15) is 4.79 Å². The molecule has 0 aromatic carbocycles. The lowest BCUT2D eigenvalue weighted by Crippen LogP contribution is -2.15. The lowest BCUT2D eigenvalue weighted by atomic mass is 10.3. The van der Waals surface area contributed by atoms with Gasteiger partial charge in [-0.3, -0.25) is 0 Å². The topological polar surface area (TPSA) is 26.3 Å². The van der Waals surface area contributed by atoms with Crippen LogP contribution in [0.25, 0.3) is 0 Å². The first-order chi connectivity index (χ1) is 6.83. The van der Waals surface area contributed by atoms with E-state index < -0.39 is 8.07 Å². The smallest absolute Gasteiger partial charge is 0.333 e. The van der Waals surface area contributed by atoms with Crippen LogP contribution in [0, 0.1) is 0 Å². The number of esters is 1. The summed E-state index contributed by atoms with van der Waals surface area (Å²) < 4.78 is 4.97. The van der Waals surface area contributed by atoms with Crippen LogP contribution in [0.5, 0.6) is 0 Å². The van der Waals surface area contributed by atoms with E-state index >= 15 is 0 Å². The largest absolute Gasteiger partial charge is 0.462 e. The van der Waals surface area contributed by atoms with Crippen molar-refractivity contribution in [2.75, 3.05) is 6.61 Å². The summed E-state index contributed by atoms with van der Waals surface area (Å²) in [6.07, 6.45) is 4.06. The summed E-state index contributed by atoms with van der Waals surface area (Å²) in [5.41, 5.74) is 2.78. The van der Waals surface area contributed by atoms with E-state index in [1.165, 1.54) is 0 Å². The van der Waals surface area contributed by atoms with Gasteiger partial charge in [0.15, 0.2) is 0 Å². The van der Waals surface area contributed by atoms with Gasteiger partial charge < -0.3 is 4.74 Å². The highest BCUT2D eigenvalue weighted by Gasteiger charge is 2.06. The summed E-state index contributed by atoms with van der Waals surface area (Å²) in [4.78, 5) is 11.0. The van der Waals surface area contributed by atoms with Crippen molar-refractivity contribution in [2.45, 2.75) is 39.4 Å². The Morgan fingerprint density at radius 1 is 1.40 bits per heavy atom. The number of allylic oxidation sites excluding steroid dienone is 1. The Morgan fingerprint density at radius 3 is 2.47 bits per heavy atom. The molecule has 0 saturated heterocycles. The van der Waals surface area contributed by atoms with Gasteiger partial charge in [-0.25, -0.2) is 4.79 Å². The third-order valence-corrected chi connectivity index (χ3v) is 2.95. The molecule has 3 heteroatoms. The summed E-state index contributed by atoms with van der Waals surface area (Å²) in [6, 6.07) is 0. The number of carbonyl (C=O) groups excluding carboxylic acids is 1. The van der Waals surface area contributed by atoms with Gasteiger partial charge in [0.1, 0.15) is 0 Å². The molecule has 0 aromatic heterocycles. The maximum Gasteiger partial charge on any atom is 0.333 e. The number of rotatable bonds is 6. The Labute approximate surface area is 94.0 Å². The van der Waals surface area contributed by atoms with Gasteiger partial charge in [0.25, 0.3) is 0 Å². The lowest BCUT2D eigenvalue weighted by molar-refractivity contribution is -0.139. The first-order valence-electron chi connectivity index (χ1n) is 5.33. The molecule has 15 heavy (non-hydrogen) atoms. The molecule has 0 radical (unpaired) electrons. The molecular weight excluding hydrogens is 204 g/mol. The van der Waals surface area contributed by atoms with Gasteiger partial charge in [-0.2, -0.15) is 0 Å². The molecule has 0 aliphatic rings. The van der Waals surface area contributed by atoms with Crippen LogP contribution in [0.15, 0.2) is 23.9 Å². The molecule has 0 rings (SSSR count). The SMILES string of the molecule is C=C(C)C(=O)OCCCC=C[Si](C)(C)C. The third-order valence-electron chi connectivity index (χ3n) is 1.71. The van der Waals surface area contributed by atoms with E-state index in [-0.39, 0.29) is 5.97 Å². The fourth-order valence-corrected chi connectivity index (χ4v) is 1.80. The van der Waals surface area contributed by atoms with Gasteiger partial charge in [-0.05, 0) is 19.8 Å². The first kappa shape index (κ1) is 14.2. The molecule has 0 N–H and O–H groups in total. The van der Waals surface area contributed by atoms with Crippen molar-refractivity contribution in [1.29, 1.82) is 0 Å². The Morgan fingerprint density at radius 2 is 2.00 bits per heavy atom. The molecule has 0 unspecified atom stereocenters. The van der Waals surface area contributed by atoms with E-state index in [1.54, 1.807) is 6.92 Å². The van der Waals surface area contributed by atoms with Crippen molar-refractivity contribution in [3.8, 4) is 0 Å². The van der Waals surface area contributed by atoms with Crippen LogP contribution < -0.4 is 0 Å². The quantitative estimate of drug-likeness (QED) is 0.300. The van der Waals surface area contributed by atoms with Crippen molar-refractivity contribution in [1.82, 2.24) is 0 Å². The van der Waals surface area contributed by atoms with E-state index in [0.717, 1.165) is 12.8 Å². The van der Waals surface area contributed by atoms with Crippen molar-refractivity contribution in [2.24, 2.45) is 0 Å². The minimum Gasteiger partial charge on any atom is -0.462 e. The predicted octanol–water partition coefficient (Wildman–Crippen LogP) is 3.32. The molecule has 0 aromatic rings. The Kier molecular flexibility index (Phi) is 6.25. The number of ether oxygens (including phenoxy) is 1. The van der Waals surface area contributed by atoms with Crippen LogP contribution in [-0.2, 0) is 9.53 Å². The minimum atomic E-state index is -1.06. The fraction of sp³-hybridized carbons (Fsp3) is 0.583. The molecule has 0 saturated carbocycles. The second-order valence-electron chi connectivity index (χ2n) is 4.83. The zero-order valence-corrected chi connectivity index (χ0v) is 11.3. The summed E-state index contributed by atoms with van der Waals surface area (Å²) >= 11 is 0. The Hall–Kier alpha value is -0.833. The molecule has 0 amide bonds. The van der Waals surface area contributed by atoms with Crippen molar-refractivity contribution < 1.29 is 9.53 Å². The van der Waals surface area contributed by atoms with Gasteiger partial charge in [-0.1, -0.05) is 38.0 Å². The standard InChI is InChI=1S/C12H22O2Si/c1-11(2)12(13)14-9-7-6-8-10-15(3,4)5/h8,10H,1,6-7,9H2,2-5H3. The molecule has 0 fully saturated rings. The molecule has 0 aliphatic carbocycles. The number of carbonyl (C=O) groups is 1. The summed E-state index contributed by atoms with van der Waals surface area (Å²) in [6.45, 7) is 12.6. The maximum atomic E-state index is 11.0. The van der Waals surface area contributed by atoms with Gasteiger partial charge in [-0.15, -0.1) is 0 Å². The molecule has 2 nitrogen and oxygen atoms in total. The second kappa shape index (κ2) is 6.61. The van der Waals surface area contributed by atoms with Crippen LogP contribution in [0.4, 0.5) is 0 Å². The molecule has 0 spiro atoms. The zero-order chi connectivity index (χ0) is 11.9. The maximum absolute atomic E-state index is 11.0. The number of unbranched alkanes of at least 4 members (excludes halogenated alkanes) is 1. The molecular formula is C12H22O2Si. The lowest BCUT2D eigenvalue weighted by Gasteiger charge is -2.08. The van der Waals surface area contributed by atoms with Crippen molar-refractivity contribution >= 4 is 14.0 Å². The third kappa shape index (κ3) is 9.47. The molecule has 0 aliphatic heterocycles. The number of hydrogen-bond acceptors (Lipinski definition) is 2. The van der Waals surface area contributed by atoms with Gasteiger partial charge >= 0.3 is 5.97 Å². The second-order valence-corrected chi connectivity index (χ2v) is 9.89. The van der Waals surface area contributed by atoms with Gasteiger partial charge in [0, 0.05) is 5.57 Å².